The highest BCUT2D eigenvalue weighted by Crippen LogP contribution is 2.35. The minimum Gasteiger partial charge on any atom is -0.337 e. The second kappa shape index (κ2) is 8.61. The van der Waals surface area contributed by atoms with Gasteiger partial charge in [0, 0.05) is 36.8 Å². The van der Waals surface area contributed by atoms with E-state index in [1.54, 1.807) is 22.9 Å². The number of hydrogen-bond donors (Lipinski definition) is 0. The molecule has 0 bridgehead atoms. The molecule has 2 heterocycles. The number of carbonyl (C=O) groups excluding carboxylic acids is 1. The molecule has 0 radical (unpaired) electrons. The summed E-state index contributed by atoms with van der Waals surface area (Å²) in [6, 6.07) is 13.7. The summed E-state index contributed by atoms with van der Waals surface area (Å²) in [5.41, 5.74) is 2.69. The second-order valence-electron chi connectivity index (χ2n) is 7.17. The van der Waals surface area contributed by atoms with Gasteiger partial charge in [-0.25, -0.2) is 9.67 Å². The number of para-hydroxylation sites is 1. The molecule has 0 aliphatic heterocycles. The van der Waals surface area contributed by atoms with Gasteiger partial charge in [0.25, 0.3) is 5.91 Å². The minimum absolute atomic E-state index is 0.000980. The number of rotatable bonds is 6. The highest BCUT2D eigenvalue weighted by atomic mass is 32.2. The van der Waals surface area contributed by atoms with E-state index in [1.165, 1.54) is 25.7 Å². The molecule has 2 aromatic heterocycles. The molecule has 6 heteroatoms. The molecule has 0 saturated heterocycles. The highest BCUT2D eigenvalue weighted by Gasteiger charge is 2.22. The maximum atomic E-state index is 13.1. The van der Waals surface area contributed by atoms with E-state index in [9.17, 15) is 4.79 Å². The zero-order chi connectivity index (χ0) is 19.3. The van der Waals surface area contributed by atoms with Crippen LogP contribution >= 0.6 is 11.8 Å². The van der Waals surface area contributed by atoms with Gasteiger partial charge in [-0.2, -0.15) is 5.10 Å². The fourth-order valence-corrected chi connectivity index (χ4v) is 4.82. The quantitative estimate of drug-likeness (QED) is 0.616. The average Bonchev–Trinajstić information content (AvgIpc) is 3.41. The molecule has 28 heavy (non-hydrogen) atoms. The third-order valence-electron chi connectivity index (χ3n) is 5.01. The summed E-state index contributed by atoms with van der Waals surface area (Å²) in [7, 11) is 1.83. The van der Waals surface area contributed by atoms with Gasteiger partial charge >= 0.3 is 0 Å². The molecule has 4 rings (SSSR count). The first kappa shape index (κ1) is 18.7. The highest BCUT2D eigenvalue weighted by molar-refractivity contribution is 7.99. The summed E-state index contributed by atoms with van der Waals surface area (Å²) in [6.07, 6.45) is 10.5. The van der Waals surface area contributed by atoms with E-state index in [2.05, 4.69) is 10.1 Å². The van der Waals surface area contributed by atoms with Gasteiger partial charge in [-0.1, -0.05) is 31.0 Å². The smallest absolute Gasteiger partial charge is 0.256 e. The first-order valence-corrected chi connectivity index (χ1v) is 10.5. The van der Waals surface area contributed by atoms with Crippen molar-refractivity contribution in [2.75, 3.05) is 7.05 Å². The van der Waals surface area contributed by atoms with Crippen molar-refractivity contribution in [2.45, 2.75) is 42.5 Å². The van der Waals surface area contributed by atoms with Crippen molar-refractivity contribution in [1.82, 2.24) is 19.7 Å². The van der Waals surface area contributed by atoms with E-state index in [1.807, 2.05) is 66.6 Å². The lowest BCUT2D eigenvalue weighted by atomic mass is 10.2. The largest absolute Gasteiger partial charge is 0.337 e. The molecule has 0 unspecified atom stereocenters. The third-order valence-corrected chi connectivity index (χ3v) is 6.36. The van der Waals surface area contributed by atoms with Gasteiger partial charge in [-0.05, 0) is 37.1 Å². The predicted molar refractivity (Wildman–Crippen MR) is 112 cm³/mol. The van der Waals surface area contributed by atoms with Crippen LogP contribution in [0.5, 0.6) is 0 Å². The topological polar surface area (TPSA) is 51.0 Å². The van der Waals surface area contributed by atoms with Crippen molar-refractivity contribution in [2.24, 2.45) is 0 Å². The van der Waals surface area contributed by atoms with Gasteiger partial charge in [0.2, 0.25) is 0 Å². The number of nitrogens with zero attached hydrogens (tertiary/aromatic N) is 4. The van der Waals surface area contributed by atoms with Gasteiger partial charge < -0.3 is 4.90 Å². The van der Waals surface area contributed by atoms with Crippen LogP contribution in [-0.2, 0) is 6.54 Å². The number of benzene rings is 1. The van der Waals surface area contributed by atoms with Crippen LogP contribution in [0, 0.1) is 0 Å². The SMILES string of the molecule is CN(Cc1cnn(-c2ccccc2)c1)C(=O)c1cccnc1SC1CCCC1. The number of carbonyl (C=O) groups is 1. The molecular weight excluding hydrogens is 368 g/mol. The molecule has 1 saturated carbocycles. The Morgan fingerprint density at radius 2 is 1.96 bits per heavy atom. The Morgan fingerprint density at radius 3 is 2.75 bits per heavy atom. The van der Waals surface area contributed by atoms with Crippen molar-refractivity contribution < 1.29 is 4.79 Å². The van der Waals surface area contributed by atoms with Gasteiger partial charge in [0.1, 0.15) is 5.03 Å². The number of hydrogen-bond acceptors (Lipinski definition) is 4. The number of thioether (sulfide) groups is 1. The summed E-state index contributed by atoms with van der Waals surface area (Å²) >= 11 is 1.76. The van der Waals surface area contributed by atoms with E-state index in [0.717, 1.165) is 16.3 Å². The van der Waals surface area contributed by atoms with Crippen LogP contribution in [0.3, 0.4) is 0 Å². The third kappa shape index (κ3) is 4.28. The van der Waals surface area contributed by atoms with Crippen molar-refractivity contribution in [3.8, 4) is 5.69 Å². The van der Waals surface area contributed by atoms with Crippen molar-refractivity contribution in [3.63, 3.8) is 0 Å². The van der Waals surface area contributed by atoms with Gasteiger partial charge in [0.05, 0.1) is 17.4 Å². The van der Waals surface area contributed by atoms with Gasteiger partial charge in [-0.3, -0.25) is 4.79 Å². The molecule has 1 amide bonds. The van der Waals surface area contributed by atoms with E-state index in [4.69, 9.17) is 0 Å². The van der Waals surface area contributed by atoms with Crippen LogP contribution in [0.2, 0.25) is 0 Å². The van der Waals surface area contributed by atoms with Crippen molar-refractivity contribution in [1.29, 1.82) is 0 Å². The Labute approximate surface area is 169 Å². The average molecular weight is 393 g/mol. The molecule has 5 nitrogen and oxygen atoms in total. The van der Waals surface area contributed by atoms with Gasteiger partial charge in [0.15, 0.2) is 0 Å². The number of aromatic nitrogens is 3. The lowest BCUT2D eigenvalue weighted by Crippen LogP contribution is -2.27. The summed E-state index contributed by atoms with van der Waals surface area (Å²) in [4.78, 5) is 19.3. The van der Waals surface area contributed by atoms with Crippen LogP contribution in [0.1, 0.15) is 41.6 Å². The predicted octanol–water partition coefficient (Wildman–Crippen LogP) is 4.57. The zero-order valence-electron chi connectivity index (χ0n) is 16.0. The van der Waals surface area contributed by atoms with Crippen LogP contribution in [0.4, 0.5) is 0 Å². The first-order chi connectivity index (χ1) is 13.7. The van der Waals surface area contributed by atoms with Crippen LogP contribution in [-0.4, -0.2) is 37.9 Å². The molecule has 1 aliphatic carbocycles. The molecule has 0 spiro atoms. The standard InChI is InChI=1S/C22H24N4OS/c1-25(15-17-14-24-26(16-17)18-8-3-2-4-9-18)22(27)20-12-7-13-23-21(20)28-19-10-5-6-11-19/h2-4,7-9,12-14,16,19H,5-6,10-11,15H2,1H3. The Bertz CT molecular complexity index is 934. The van der Waals surface area contributed by atoms with E-state index >= 15 is 0 Å². The Balaban J connectivity index is 1.46. The van der Waals surface area contributed by atoms with E-state index in [-0.39, 0.29) is 5.91 Å². The van der Waals surface area contributed by atoms with Gasteiger partial charge in [-0.15, -0.1) is 11.8 Å². The zero-order valence-corrected chi connectivity index (χ0v) is 16.8. The number of amides is 1. The molecule has 3 aromatic rings. The first-order valence-electron chi connectivity index (χ1n) is 9.67. The van der Waals surface area contributed by atoms with Crippen molar-refractivity contribution in [3.05, 3.63) is 72.2 Å². The summed E-state index contributed by atoms with van der Waals surface area (Å²) in [6.45, 7) is 0.508. The van der Waals surface area contributed by atoms with E-state index < -0.39 is 0 Å². The lowest BCUT2D eigenvalue weighted by Gasteiger charge is -2.18. The van der Waals surface area contributed by atoms with Crippen molar-refractivity contribution >= 4 is 17.7 Å². The van der Waals surface area contributed by atoms with Crippen LogP contribution in [0.25, 0.3) is 5.69 Å². The Hall–Kier alpha value is -2.60. The summed E-state index contributed by atoms with van der Waals surface area (Å²) < 4.78 is 1.83. The fourth-order valence-electron chi connectivity index (χ4n) is 3.53. The van der Waals surface area contributed by atoms with Crippen LogP contribution in [0.15, 0.2) is 66.1 Å². The number of pyridine rings is 1. The maximum absolute atomic E-state index is 13.1. The molecule has 1 aliphatic rings. The lowest BCUT2D eigenvalue weighted by molar-refractivity contribution is 0.0781. The summed E-state index contributed by atoms with van der Waals surface area (Å²) in [5.74, 6) is 0.000980. The maximum Gasteiger partial charge on any atom is 0.256 e. The van der Waals surface area contributed by atoms with Crippen LogP contribution < -0.4 is 0 Å². The Kier molecular flexibility index (Phi) is 5.76. The minimum atomic E-state index is 0.000980. The fraction of sp³-hybridized carbons (Fsp3) is 0.318. The molecule has 0 N–H and O–H groups in total. The summed E-state index contributed by atoms with van der Waals surface area (Å²) in [5, 5.41) is 5.85. The second-order valence-corrected chi connectivity index (χ2v) is 8.46. The molecule has 1 fully saturated rings. The monoisotopic (exact) mass is 392 g/mol. The Morgan fingerprint density at radius 1 is 1.18 bits per heavy atom. The van der Waals surface area contributed by atoms with E-state index in [0.29, 0.717) is 17.4 Å². The normalized spacial score (nSPS) is 14.3. The molecule has 0 atom stereocenters. The molecule has 1 aromatic carbocycles. The molecule has 144 valence electrons. The molecular formula is C22H24N4OS.